The number of hydrogen-bond donors (Lipinski definition) is 1. The topological polar surface area (TPSA) is 40.5 Å². The Hall–Kier alpha value is -2.55. The van der Waals surface area contributed by atoms with Crippen molar-refractivity contribution in [1.82, 2.24) is 4.90 Å². The molecule has 140 valence electrons. The van der Waals surface area contributed by atoms with E-state index in [0.717, 1.165) is 49.9 Å². The van der Waals surface area contributed by atoms with Crippen LogP contribution in [0.3, 0.4) is 0 Å². The lowest BCUT2D eigenvalue weighted by Crippen LogP contribution is -2.40. The summed E-state index contributed by atoms with van der Waals surface area (Å²) in [7, 11) is 0. The normalized spacial score (nSPS) is 17.7. The summed E-state index contributed by atoms with van der Waals surface area (Å²) in [5.74, 6) is 0.903. The quantitative estimate of drug-likeness (QED) is 0.852. The molecule has 3 heteroatoms. The maximum atomic E-state index is 13.0. The Kier molecular flexibility index (Phi) is 5.28. The predicted molar refractivity (Wildman–Crippen MR) is 108 cm³/mol. The third-order valence-corrected chi connectivity index (χ3v) is 6.05. The van der Waals surface area contributed by atoms with Crippen LogP contribution in [0.2, 0.25) is 0 Å². The molecule has 1 amide bonds. The molecule has 1 N–H and O–H groups in total. The summed E-state index contributed by atoms with van der Waals surface area (Å²) in [6.07, 6.45) is 5.88. The molecular formula is C24H27NO2. The first-order chi connectivity index (χ1) is 13.2. The molecule has 0 unspecified atom stereocenters. The van der Waals surface area contributed by atoms with Gasteiger partial charge in [0, 0.05) is 18.7 Å². The molecule has 2 aromatic carbocycles. The molecule has 4 rings (SSSR count). The third kappa shape index (κ3) is 3.92. The first kappa shape index (κ1) is 17.8. The van der Waals surface area contributed by atoms with Gasteiger partial charge in [-0.3, -0.25) is 4.79 Å². The van der Waals surface area contributed by atoms with Gasteiger partial charge in [-0.15, -0.1) is 0 Å². The fourth-order valence-electron chi connectivity index (χ4n) is 4.35. The fraction of sp³-hybridized carbons (Fsp3) is 0.375. The van der Waals surface area contributed by atoms with Gasteiger partial charge in [-0.1, -0.05) is 54.6 Å². The monoisotopic (exact) mass is 361 g/mol. The summed E-state index contributed by atoms with van der Waals surface area (Å²) in [4.78, 5) is 14.9. The zero-order valence-corrected chi connectivity index (χ0v) is 15.7. The van der Waals surface area contributed by atoms with Crippen molar-refractivity contribution >= 4 is 11.7 Å². The second kappa shape index (κ2) is 7.99. The van der Waals surface area contributed by atoms with Crippen LogP contribution < -0.4 is 0 Å². The second-order valence-corrected chi connectivity index (χ2v) is 7.74. The van der Waals surface area contributed by atoms with Crippen molar-refractivity contribution in [1.29, 1.82) is 0 Å². The van der Waals surface area contributed by atoms with E-state index in [1.54, 1.807) is 0 Å². The number of benzene rings is 2. The number of aryl methyl sites for hydroxylation is 2. The van der Waals surface area contributed by atoms with Gasteiger partial charge in [-0.2, -0.15) is 0 Å². The minimum Gasteiger partial charge on any atom is -0.507 e. The molecule has 0 radical (unpaired) electrons. The molecule has 0 spiro atoms. The van der Waals surface area contributed by atoms with Crippen LogP contribution in [0.15, 0.2) is 60.2 Å². The summed E-state index contributed by atoms with van der Waals surface area (Å²) < 4.78 is 0. The Labute approximate surface area is 161 Å². The number of fused-ring (bicyclic) bond motifs is 1. The van der Waals surface area contributed by atoms with Gasteiger partial charge in [0.05, 0.1) is 5.57 Å². The number of aliphatic hydroxyl groups is 1. The number of aliphatic hydroxyl groups excluding tert-OH is 1. The van der Waals surface area contributed by atoms with E-state index in [2.05, 4.69) is 30.3 Å². The van der Waals surface area contributed by atoms with Gasteiger partial charge in [-0.05, 0) is 55.6 Å². The average molecular weight is 361 g/mol. The Bertz CT molecular complexity index is 832. The van der Waals surface area contributed by atoms with Crippen LogP contribution in [0, 0.1) is 5.92 Å². The number of rotatable bonds is 4. The van der Waals surface area contributed by atoms with Crippen LogP contribution in [0.1, 0.15) is 42.4 Å². The van der Waals surface area contributed by atoms with Gasteiger partial charge in [0.2, 0.25) is 0 Å². The van der Waals surface area contributed by atoms with E-state index in [-0.39, 0.29) is 11.7 Å². The highest BCUT2D eigenvalue weighted by atomic mass is 16.3. The van der Waals surface area contributed by atoms with Gasteiger partial charge in [-0.25, -0.2) is 0 Å². The van der Waals surface area contributed by atoms with Gasteiger partial charge < -0.3 is 10.0 Å². The molecule has 27 heavy (non-hydrogen) atoms. The van der Waals surface area contributed by atoms with Crippen LogP contribution in [0.25, 0.3) is 5.76 Å². The molecule has 2 aromatic rings. The molecule has 1 fully saturated rings. The standard InChI is InChI=1S/C24H27NO2/c26-23-21-9-5-4-8-20(21)12-13-22(23)24(27)25-16-14-19(15-17-25)11-10-18-6-2-1-3-7-18/h1-9,19,26H,10-17H2. The maximum Gasteiger partial charge on any atom is 0.253 e. The molecule has 0 atom stereocenters. The Morgan fingerprint density at radius 1 is 0.963 bits per heavy atom. The minimum atomic E-state index is 0.0310. The van der Waals surface area contributed by atoms with Crippen molar-refractivity contribution in [2.45, 2.75) is 38.5 Å². The SMILES string of the molecule is O=C(C1=C(O)c2ccccc2CC1)N1CCC(CCc2ccccc2)CC1. The van der Waals surface area contributed by atoms with E-state index >= 15 is 0 Å². The zero-order valence-electron chi connectivity index (χ0n) is 15.7. The highest BCUT2D eigenvalue weighted by Crippen LogP contribution is 2.32. The third-order valence-electron chi connectivity index (χ3n) is 6.05. The van der Waals surface area contributed by atoms with Crippen molar-refractivity contribution in [2.75, 3.05) is 13.1 Å². The Morgan fingerprint density at radius 2 is 1.67 bits per heavy atom. The summed E-state index contributed by atoms with van der Waals surface area (Å²) >= 11 is 0. The summed E-state index contributed by atoms with van der Waals surface area (Å²) in [6.45, 7) is 1.60. The first-order valence-electron chi connectivity index (χ1n) is 10.1. The molecule has 1 aliphatic heterocycles. The van der Waals surface area contributed by atoms with Crippen LogP contribution in [0.4, 0.5) is 0 Å². The minimum absolute atomic E-state index is 0.0310. The Balaban J connectivity index is 1.35. The number of likely N-dealkylation sites (tertiary alicyclic amines) is 1. The molecule has 1 saturated heterocycles. The second-order valence-electron chi connectivity index (χ2n) is 7.74. The largest absolute Gasteiger partial charge is 0.507 e. The van der Waals surface area contributed by atoms with E-state index in [0.29, 0.717) is 17.9 Å². The number of nitrogens with zero attached hydrogens (tertiary/aromatic N) is 1. The molecule has 0 bridgehead atoms. The lowest BCUT2D eigenvalue weighted by atomic mass is 9.88. The van der Waals surface area contributed by atoms with Crippen LogP contribution in [-0.4, -0.2) is 29.0 Å². The highest BCUT2D eigenvalue weighted by molar-refractivity contribution is 6.00. The van der Waals surface area contributed by atoms with E-state index in [4.69, 9.17) is 0 Å². The van der Waals surface area contributed by atoms with Gasteiger partial charge in [0.15, 0.2) is 0 Å². The number of amides is 1. The van der Waals surface area contributed by atoms with Gasteiger partial charge in [0.25, 0.3) is 5.91 Å². The molecule has 0 aromatic heterocycles. The first-order valence-corrected chi connectivity index (χ1v) is 10.1. The lowest BCUT2D eigenvalue weighted by molar-refractivity contribution is -0.128. The van der Waals surface area contributed by atoms with Crippen LogP contribution in [0.5, 0.6) is 0 Å². The number of carbonyl (C=O) groups is 1. The van der Waals surface area contributed by atoms with Crippen molar-refractivity contribution in [3.8, 4) is 0 Å². The van der Waals surface area contributed by atoms with Crippen LogP contribution >= 0.6 is 0 Å². The van der Waals surface area contributed by atoms with E-state index in [9.17, 15) is 9.90 Å². The molecule has 2 aliphatic rings. The smallest absolute Gasteiger partial charge is 0.253 e. The number of hydrogen-bond acceptors (Lipinski definition) is 2. The Morgan fingerprint density at radius 3 is 2.44 bits per heavy atom. The van der Waals surface area contributed by atoms with Crippen molar-refractivity contribution < 1.29 is 9.90 Å². The van der Waals surface area contributed by atoms with Crippen molar-refractivity contribution in [2.24, 2.45) is 5.92 Å². The van der Waals surface area contributed by atoms with E-state index in [1.807, 2.05) is 29.2 Å². The molecule has 1 aliphatic carbocycles. The van der Waals surface area contributed by atoms with E-state index < -0.39 is 0 Å². The molecule has 0 saturated carbocycles. The average Bonchev–Trinajstić information content (AvgIpc) is 2.73. The summed E-state index contributed by atoms with van der Waals surface area (Å²) in [6, 6.07) is 18.5. The number of piperidine rings is 1. The summed E-state index contributed by atoms with van der Waals surface area (Å²) in [5.41, 5.74) is 3.94. The van der Waals surface area contributed by atoms with Crippen LogP contribution in [-0.2, 0) is 17.6 Å². The maximum absolute atomic E-state index is 13.0. The number of carbonyl (C=O) groups excluding carboxylic acids is 1. The molecular weight excluding hydrogens is 334 g/mol. The van der Waals surface area contributed by atoms with E-state index in [1.165, 1.54) is 12.0 Å². The lowest BCUT2D eigenvalue weighted by Gasteiger charge is -2.33. The molecule has 1 heterocycles. The summed E-state index contributed by atoms with van der Waals surface area (Å²) in [5, 5.41) is 10.6. The van der Waals surface area contributed by atoms with Gasteiger partial charge in [0.1, 0.15) is 5.76 Å². The van der Waals surface area contributed by atoms with Crippen molar-refractivity contribution in [3.05, 3.63) is 76.9 Å². The van der Waals surface area contributed by atoms with Gasteiger partial charge >= 0.3 is 0 Å². The fourth-order valence-corrected chi connectivity index (χ4v) is 4.35. The molecule has 3 nitrogen and oxygen atoms in total. The van der Waals surface area contributed by atoms with Crippen molar-refractivity contribution in [3.63, 3.8) is 0 Å². The predicted octanol–water partition coefficient (Wildman–Crippen LogP) is 4.77. The highest BCUT2D eigenvalue weighted by Gasteiger charge is 2.29. The zero-order chi connectivity index (χ0) is 18.6.